The van der Waals surface area contributed by atoms with Gasteiger partial charge in [-0.15, -0.1) is 24.8 Å². The number of hydrogen-bond acceptors (Lipinski definition) is 4. The SMILES string of the molecule is Cl.Cl.O=C(NCCN1CCNCC1)c1cncc(Br)c1. The Balaban J connectivity index is 0.00000180. The number of amides is 1. The second-order valence-corrected chi connectivity index (χ2v) is 5.16. The summed E-state index contributed by atoms with van der Waals surface area (Å²) in [5, 5.41) is 6.22. The van der Waals surface area contributed by atoms with Crippen LogP contribution < -0.4 is 10.6 Å². The number of pyridine rings is 1. The van der Waals surface area contributed by atoms with E-state index in [1.165, 1.54) is 0 Å². The summed E-state index contributed by atoms with van der Waals surface area (Å²) in [7, 11) is 0. The van der Waals surface area contributed by atoms with E-state index in [1.807, 2.05) is 0 Å². The highest BCUT2D eigenvalue weighted by atomic mass is 79.9. The van der Waals surface area contributed by atoms with Gasteiger partial charge in [-0.05, 0) is 22.0 Å². The van der Waals surface area contributed by atoms with Crippen LogP contribution in [0.15, 0.2) is 22.9 Å². The van der Waals surface area contributed by atoms with Gasteiger partial charge in [-0.3, -0.25) is 14.7 Å². The summed E-state index contributed by atoms with van der Waals surface area (Å²) in [6, 6.07) is 1.77. The quantitative estimate of drug-likeness (QED) is 0.820. The van der Waals surface area contributed by atoms with Crippen molar-refractivity contribution in [3.8, 4) is 0 Å². The fourth-order valence-corrected chi connectivity index (χ4v) is 2.27. The molecule has 1 amide bonds. The largest absolute Gasteiger partial charge is 0.351 e. The first-order valence-electron chi connectivity index (χ1n) is 6.07. The number of halogens is 3. The number of piperazine rings is 1. The van der Waals surface area contributed by atoms with Gasteiger partial charge in [0.05, 0.1) is 5.56 Å². The lowest BCUT2D eigenvalue weighted by Crippen LogP contribution is -2.46. The molecule has 1 aromatic rings. The second-order valence-electron chi connectivity index (χ2n) is 4.24. The van der Waals surface area contributed by atoms with Gasteiger partial charge >= 0.3 is 0 Å². The van der Waals surface area contributed by atoms with E-state index >= 15 is 0 Å². The van der Waals surface area contributed by atoms with Crippen molar-refractivity contribution in [2.24, 2.45) is 0 Å². The molecule has 20 heavy (non-hydrogen) atoms. The molecule has 1 fully saturated rings. The minimum Gasteiger partial charge on any atom is -0.351 e. The molecule has 114 valence electrons. The van der Waals surface area contributed by atoms with Gasteiger partial charge in [0.15, 0.2) is 0 Å². The number of nitrogens with zero attached hydrogens (tertiary/aromatic N) is 2. The van der Waals surface area contributed by atoms with Crippen LogP contribution in [0, 0.1) is 0 Å². The molecule has 0 aliphatic carbocycles. The summed E-state index contributed by atoms with van der Waals surface area (Å²) in [6.45, 7) is 5.73. The van der Waals surface area contributed by atoms with E-state index < -0.39 is 0 Å². The average Bonchev–Trinajstić information content (AvgIpc) is 2.40. The van der Waals surface area contributed by atoms with Gasteiger partial charge in [0.1, 0.15) is 0 Å². The van der Waals surface area contributed by atoms with Gasteiger partial charge in [-0.1, -0.05) is 0 Å². The van der Waals surface area contributed by atoms with Gasteiger partial charge in [0.2, 0.25) is 0 Å². The summed E-state index contributed by atoms with van der Waals surface area (Å²) in [6.07, 6.45) is 3.24. The third-order valence-corrected chi connectivity index (χ3v) is 3.32. The van der Waals surface area contributed by atoms with Crippen molar-refractivity contribution in [2.75, 3.05) is 39.3 Å². The molecule has 2 rings (SSSR count). The standard InChI is InChI=1S/C12H17BrN4O.2ClH/c13-11-7-10(8-15-9-11)12(18)16-3-6-17-4-1-14-2-5-17;;/h7-9,14H,1-6H2,(H,16,18);2*1H. The monoisotopic (exact) mass is 384 g/mol. The molecule has 8 heteroatoms. The number of carbonyl (C=O) groups is 1. The van der Waals surface area contributed by atoms with Crippen molar-refractivity contribution in [1.82, 2.24) is 20.5 Å². The minimum atomic E-state index is -0.0704. The van der Waals surface area contributed by atoms with Gasteiger partial charge < -0.3 is 10.6 Å². The highest BCUT2D eigenvalue weighted by Crippen LogP contribution is 2.09. The fraction of sp³-hybridized carbons (Fsp3) is 0.500. The number of carbonyl (C=O) groups excluding carboxylic acids is 1. The molecule has 0 unspecified atom stereocenters. The van der Waals surface area contributed by atoms with Crippen LogP contribution in [-0.2, 0) is 0 Å². The summed E-state index contributed by atoms with van der Waals surface area (Å²) in [5.41, 5.74) is 0.588. The maximum absolute atomic E-state index is 11.8. The van der Waals surface area contributed by atoms with Crippen molar-refractivity contribution < 1.29 is 4.79 Å². The van der Waals surface area contributed by atoms with E-state index in [4.69, 9.17) is 0 Å². The normalized spacial score (nSPS) is 14.8. The van der Waals surface area contributed by atoms with E-state index in [1.54, 1.807) is 18.5 Å². The van der Waals surface area contributed by atoms with E-state index in [2.05, 4.69) is 36.4 Å². The predicted molar refractivity (Wildman–Crippen MR) is 88.1 cm³/mol. The molecule has 0 bridgehead atoms. The summed E-state index contributed by atoms with van der Waals surface area (Å²) < 4.78 is 0.817. The molecule has 0 atom stereocenters. The first-order chi connectivity index (χ1) is 8.75. The molecular formula is C12H19BrCl2N4O. The van der Waals surface area contributed by atoms with Crippen LogP contribution in [0.3, 0.4) is 0 Å². The molecule has 5 nitrogen and oxygen atoms in total. The van der Waals surface area contributed by atoms with E-state index in [9.17, 15) is 4.79 Å². The Morgan fingerprint density at radius 2 is 2.05 bits per heavy atom. The lowest BCUT2D eigenvalue weighted by molar-refractivity contribution is 0.0947. The van der Waals surface area contributed by atoms with E-state index in [0.717, 1.165) is 37.2 Å². The number of hydrogen-bond donors (Lipinski definition) is 2. The Labute approximate surface area is 139 Å². The molecule has 1 aromatic heterocycles. The van der Waals surface area contributed by atoms with Crippen molar-refractivity contribution in [1.29, 1.82) is 0 Å². The summed E-state index contributed by atoms with van der Waals surface area (Å²) in [5.74, 6) is -0.0704. The molecule has 1 saturated heterocycles. The topological polar surface area (TPSA) is 57.3 Å². The van der Waals surface area contributed by atoms with Crippen molar-refractivity contribution in [2.45, 2.75) is 0 Å². The third-order valence-electron chi connectivity index (χ3n) is 2.89. The zero-order valence-electron chi connectivity index (χ0n) is 11.0. The molecule has 2 N–H and O–H groups in total. The second kappa shape index (κ2) is 10.3. The summed E-state index contributed by atoms with van der Waals surface area (Å²) >= 11 is 3.30. The van der Waals surface area contributed by atoms with Gasteiger partial charge in [-0.25, -0.2) is 0 Å². The highest BCUT2D eigenvalue weighted by Gasteiger charge is 2.10. The van der Waals surface area contributed by atoms with Crippen LogP contribution in [0.2, 0.25) is 0 Å². The maximum atomic E-state index is 11.8. The van der Waals surface area contributed by atoms with Crippen LogP contribution in [0.25, 0.3) is 0 Å². The van der Waals surface area contributed by atoms with Crippen LogP contribution in [0.1, 0.15) is 10.4 Å². The number of nitrogens with one attached hydrogen (secondary N) is 2. The zero-order chi connectivity index (χ0) is 12.8. The fourth-order valence-electron chi connectivity index (χ4n) is 1.90. The van der Waals surface area contributed by atoms with Gasteiger partial charge in [0, 0.05) is 56.1 Å². The lowest BCUT2D eigenvalue weighted by atomic mass is 10.2. The first kappa shape index (κ1) is 19.6. The molecule has 0 radical (unpaired) electrons. The van der Waals surface area contributed by atoms with Crippen LogP contribution in [0.5, 0.6) is 0 Å². The number of rotatable bonds is 4. The maximum Gasteiger partial charge on any atom is 0.252 e. The average molecular weight is 386 g/mol. The molecule has 0 saturated carbocycles. The Hall–Kier alpha value is -0.400. The van der Waals surface area contributed by atoms with Gasteiger partial charge in [0.25, 0.3) is 5.91 Å². The predicted octanol–water partition coefficient (Wildman–Crippen LogP) is 1.32. The Kier molecular flexibility index (Phi) is 10.1. The minimum absolute atomic E-state index is 0. The zero-order valence-corrected chi connectivity index (χ0v) is 14.2. The molecule has 0 aromatic carbocycles. The summed E-state index contributed by atoms with van der Waals surface area (Å²) in [4.78, 5) is 18.2. The van der Waals surface area contributed by atoms with Crippen molar-refractivity contribution in [3.63, 3.8) is 0 Å². The van der Waals surface area contributed by atoms with Crippen LogP contribution >= 0.6 is 40.7 Å². The smallest absolute Gasteiger partial charge is 0.252 e. The van der Waals surface area contributed by atoms with Crippen LogP contribution in [-0.4, -0.2) is 55.1 Å². The molecule has 0 spiro atoms. The van der Waals surface area contributed by atoms with Crippen molar-refractivity contribution in [3.05, 3.63) is 28.5 Å². The van der Waals surface area contributed by atoms with E-state index in [-0.39, 0.29) is 30.7 Å². The lowest BCUT2D eigenvalue weighted by Gasteiger charge is -2.27. The Morgan fingerprint density at radius 1 is 1.35 bits per heavy atom. The molecule has 2 heterocycles. The Bertz CT molecular complexity index is 416. The van der Waals surface area contributed by atoms with Crippen molar-refractivity contribution >= 4 is 46.7 Å². The van der Waals surface area contributed by atoms with E-state index in [0.29, 0.717) is 12.1 Å². The molecular weight excluding hydrogens is 367 g/mol. The molecule has 1 aliphatic rings. The first-order valence-corrected chi connectivity index (χ1v) is 6.87. The highest BCUT2D eigenvalue weighted by molar-refractivity contribution is 9.10. The van der Waals surface area contributed by atoms with Gasteiger partial charge in [-0.2, -0.15) is 0 Å². The Morgan fingerprint density at radius 3 is 2.70 bits per heavy atom. The molecule has 1 aliphatic heterocycles. The number of aromatic nitrogens is 1. The third kappa shape index (κ3) is 6.37. The van der Waals surface area contributed by atoms with Crippen LogP contribution in [0.4, 0.5) is 0 Å².